The molecule has 0 aliphatic heterocycles. The van der Waals surface area contributed by atoms with E-state index in [1.165, 1.54) is 122 Å². The van der Waals surface area contributed by atoms with Gasteiger partial charge in [0, 0.05) is 19.3 Å². The van der Waals surface area contributed by atoms with Crippen molar-refractivity contribution in [3.05, 3.63) is 122 Å². The van der Waals surface area contributed by atoms with Crippen LogP contribution < -0.4 is 0 Å². The molecule has 0 heterocycles. The molecule has 0 fully saturated rings. The molecule has 0 saturated heterocycles. The Morgan fingerprint density at radius 2 is 0.506 bits per heavy atom. The Balaban J connectivity index is 4.23. The van der Waals surface area contributed by atoms with Crippen molar-refractivity contribution in [3.63, 3.8) is 0 Å². The molecule has 6 nitrogen and oxygen atoms in total. The standard InChI is InChI=1S/C71H118O6/c1-4-7-10-13-16-18-20-22-24-26-28-30-32-33-34-35-36-37-39-40-42-44-46-48-50-52-55-58-61-64-70(73)76-67-68(66-75-69(72)63-60-57-54-15-12-9-6-3)77-71(74)65-62-59-56-53-51-49-47-45-43-41-38-31-29-27-25-23-21-19-17-14-11-8-5-2/h7,10,16,18,21-24,27-30,33-34,36-37,40,42,46,48,68H,4-6,8-9,11-15,17,19-20,25-26,31-32,35,38-39,41,43-45,47,49-67H2,1-3H3/b10-7-,18-16-,23-21-,24-22-,29-27-,30-28-,34-33-,37-36-,42-40-,48-46-. The monoisotopic (exact) mass is 1070 g/mol. The summed E-state index contributed by atoms with van der Waals surface area (Å²) in [7, 11) is 0. The predicted molar refractivity (Wildman–Crippen MR) is 334 cm³/mol. The zero-order valence-corrected chi connectivity index (χ0v) is 50.2. The predicted octanol–water partition coefficient (Wildman–Crippen LogP) is 22.0. The summed E-state index contributed by atoms with van der Waals surface area (Å²) >= 11 is 0. The van der Waals surface area contributed by atoms with Crippen LogP contribution in [-0.2, 0) is 28.6 Å². The maximum atomic E-state index is 12.9. The van der Waals surface area contributed by atoms with Crippen LogP contribution in [0.4, 0.5) is 0 Å². The van der Waals surface area contributed by atoms with Gasteiger partial charge in [0.2, 0.25) is 0 Å². The average Bonchev–Trinajstić information content (AvgIpc) is 3.43. The lowest BCUT2D eigenvalue weighted by Gasteiger charge is -2.18. The number of hydrogen-bond acceptors (Lipinski definition) is 6. The van der Waals surface area contributed by atoms with Gasteiger partial charge < -0.3 is 14.2 Å². The van der Waals surface area contributed by atoms with Crippen LogP contribution in [0.15, 0.2) is 122 Å². The smallest absolute Gasteiger partial charge is 0.306 e. The summed E-state index contributed by atoms with van der Waals surface area (Å²) in [6.07, 6.45) is 89.4. The molecule has 6 heteroatoms. The van der Waals surface area contributed by atoms with Gasteiger partial charge in [0.1, 0.15) is 13.2 Å². The normalized spacial score (nSPS) is 12.9. The van der Waals surface area contributed by atoms with Crippen LogP contribution in [0.3, 0.4) is 0 Å². The van der Waals surface area contributed by atoms with E-state index in [-0.39, 0.29) is 31.1 Å². The second kappa shape index (κ2) is 64.3. The summed E-state index contributed by atoms with van der Waals surface area (Å²) in [5.74, 6) is -0.920. The first-order valence-electron chi connectivity index (χ1n) is 32.0. The summed E-state index contributed by atoms with van der Waals surface area (Å²) in [5.41, 5.74) is 0. The first kappa shape index (κ1) is 72.8. The number of esters is 3. The highest BCUT2D eigenvalue weighted by atomic mass is 16.6. The van der Waals surface area contributed by atoms with Crippen molar-refractivity contribution >= 4 is 17.9 Å². The molecule has 0 aliphatic carbocycles. The summed E-state index contributed by atoms with van der Waals surface area (Å²) in [6.45, 7) is 6.46. The van der Waals surface area contributed by atoms with Gasteiger partial charge in [-0.3, -0.25) is 14.4 Å². The third-order valence-corrected chi connectivity index (χ3v) is 13.5. The molecule has 0 radical (unpaired) electrons. The molecule has 0 aromatic heterocycles. The Hall–Kier alpha value is -4.19. The summed E-state index contributed by atoms with van der Waals surface area (Å²) in [6, 6.07) is 0. The molecule has 0 saturated carbocycles. The molecule has 1 unspecified atom stereocenters. The highest BCUT2D eigenvalue weighted by Crippen LogP contribution is 2.15. The Labute approximate surface area is 475 Å². The molecule has 0 aliphatic rings. The van der Waals surface area contributed by atoms with Gasteiger partial charge in [-0.05, 0) is 116 Å². The van der Waals surface area contributed by atoms with Crippen molar-refractivity contribution < 1.29 is 28.6 Å². The summed E-state index contributed by atoms with van der Waals surface area (Å²) in [4.78, 5) is 38.1. The van der Waals surface area contributed by atoms with Gasteiger partial charge in [-0.2, -0.15) is 0 Å². The summed E-state index contributed by atoms with van der Waals surface area (Å²) < 4.78 is 16.8. The van der Waals surface area contributed by atoms with E-state index in [9.17, 15) is 14.4 Å². The minimum atomic E-state index is -0.791. The van der Waals surface area contributed by atoms with Crippen molar-refractivity contribution in [2.75, 3.05) is 13.2 Å². The Kier molecular flexibility index (Phi) is 60.8. The number of hydrogen-bond donors (Lipinski definition) is 0. The molecule has 0 aromatic rings. The van der Waals surface area contributed by atoms with E-state index in [0.717, 1.165) is 128 Å². The fourth-order valence-corrected chi connectivity index (χ4v) is 8.67. The molecule has 0 spiro atoms. The van der Waals surface area contributed by atoms with Gasteiger partial charge in [0.15, 0.2) is 6.10 Å². The molecule has 0 bridgehead atoms. The van der Waals surface area contributed by atoms with E-state index in [1.807, 2.05) is 0 Å². The second-order valence-electron chi connectivity index (χ2n) is 20.9. The Bertz CT molecular complexity index is 1600. The van der Waals surface area contributed by atoms with Gasteiger partial charge in [-0.1, -0.05) is 277 Å². The summed E-state index contributed by atoms with van der Waals surface area (Å²) in [5, 5.41) is 0. The van der Waals surface area contributed by atoms with Crippen LogP contribution in [0.2, 0.25) is 0 Å². The first-order chi connectivity index (χ1) is 38.0. The zero-order valence-electron chi connectivity index (χ0n) is 50.2. The van der Waals surface area contributed by atoms with Crippen LogP contribution in [0.5, 0.6) is 0 Å². The Morgan fingerprint density at radius 1 is 0.273 bits per heavy atom. The van der Waals surface area contributed by atoms with E-state index in [1.54, 1.807) is 0 Å². The largest absolute Gasteiger partial charge is 0.462 e. The number of unbranched alkanes of at least 4 members (excludes halogenated alkanes) is 26. The van der Waals surface area contributed by atoms with E-state index >= 15 is 0 Å². The van der Waals surface area contributed by atoms with E-state index < -0.39 is 6.10 Å². The lowest BCUT2D eigenvalue weighted by atomic mass is 10.0. The molecule has 0 N–H and O–H groups in total. The van der Waals surface area contributed by atoms with Gasteiger partial charge in [0.25, 0.3) is 0 Å². The maximum absolute atomic E-state index is 12.9. The van der Waals surface area contributed by atoms with Crippen LogP contribution in [0.1, 0.15) is 290 Å². The highest BCUT2D eigenvalue weighted by molar-refractivity contribution is 5.71. The molecule has 438 valence electrons. The minimum absolute atomic E-state index is 0.0879. The van der Waals surface area contributed by atoms with Gasteiger partial charge in [0.05, 0.1) is 0 Å². The van der Waals surface area contributed by atoms with Crippen LogP contribution in [0, 0.1) is 0 Å². The van der Waals surface area contributed by atoms with Crippen LogP contribution in [0.25, 0.3) is 0 Å². The number of rotatable bonds is 57. The highest BCUT2D eigenvalue weighted by Gasteiger charge is 2.19. The molecule has 0 amide bonds. The lowest BCUT2D eigenvalue weighted by Crippen LogP contribution is -2.30. The minimum Gasteiger partial charge on any atom is -0.462 e. The van der Waals surface area contributed by atoms with Crippen LogP contribution >= 0.6 is 0 Å². The van der Waals surface area contributed by atoms with Crippen molar-refractivity contribution in [3.8, 4) is 0 Å². The molecule has 77 heavy (non-hydrogen) atoms. The average molecular weight is 1070 g/mol. The second-order valence-corrected chi connectivity index (χ2v) is 20.9. The SMILES string of the molecule is CC/C=C\C/C=C\C/C=C\C/C=C\C/C=C\C/C=C\C/C=C\C/C=C\CCCCCCC(=O)OCC(COC(=O)CCCCCCCCC)OC(=O)CCCCCCCCCCCCC/C=C\C/C=C\CCCCCCC. The number of allylic oxidation sites excluding steroid dienone is 20. The molecule has 1 atom stereocenters. The number of carbonyl (C=O) groups excluding carboxylic acids is 3. The third kappa shape index (κ3) is 62.5. The number of ether oxygens (including phenoxy) is 3. The topological polar surface area (TPSA) is 78.9 Å². The first-order valence-corrected chi connectivity index (χ1v) is 32.0. The van der Waals surface area contributed by atoms with E-state index in [0.29, 0.717) is 19.3 Å². The van der Waals surface area contributed by atoms with Crippen molar-refractivity contribution in [1.82, 2.24) is 0 Å². The van der Waals surface area contributed by atoms with Gasteiger partial charge in [-0.25, -0.2) is 0 Å². The fourth-order valence-electron chi connectivity index (χ4n) is 8.67. The van der Waals surface area contributed by atoms with Gasteiger partial charge >= 0.3 is 17.9 Å². The van der Waals surface area contributed by atoms with Crippen molar-refractivity contribution in [2.45, 2.75) is 297 Å². The van der Waals surface area contributed by atoms with E-state index in [2.05, 4.69) is 142 Å². The fraction of sp³-hybridized carbons (Fsp3) is 0.676. The molecule has 0 rings (SSSR count). The van der Waals surface area contributed by atoms with Crippen LogP contribution in [-0.4, -0.2) is 37.2 Å². The van der Waals surface area contributed by atoms with Gasteiger partial charge in [-0.15, -0.1) is 0 Å². The molecular formula is C71H118O6. The third-order valence-electron chi connectivity index (χ3n) is 13.5. The molecule has 0 aromatic carbocycles. The maximum Gasteiger partial charge on any atom is 0.306 e. The quantitative estimate of drug-likeness (QED) is 0.0261. The zero-order chi connectivity index (χ0) is 55.7. The van der Waals surface area contributed by atoms with E-state index in [4.69, 9.17) is 14.2 Å². The number of carbonyl (C=O) groups is 3. The van der Waals surface area contributed by atoms with Crippen molar-refractivity contribution in [2.24, 2.45) is 0 Å². The lowest BCUT2D eigenvalue weighted by molar-refractivity contribution is -0.167. The van der Waals surface area contributed by atoms with Crippen molar-refractivity contribution in [1.29, 1.82) is 0 Å². The molecular weight excluding hydrogens is 949 g/mol. The Morgan fingerprint density at radius 3 is 0.792 bits per heavy atom.